The zero-order valence-corrected chi connectivity index (χ0v) is 16.2. The predicted octanol–water partition coefficient (Wildman–Crippen LogP) is 2.47. The summed E-state index contributed by atoms with van der Waals surface area (Å²) in [4.78, 5) is 7.33. The van der Waals surface area contributed by atoms with Gasteiger partial charge >= 0.3 is 0 Å². The van der Waals surface area contributed by atoms with E-state index in [-0.39, 0.29) is 12.4 Å². The number of thiophene rings is 1. The van der Waals surface area contributed by atoms with E-state index < -0.39 is 10.0 Å². The molecule has 1 N–H and O–H groups in total. The second-order valence-corrected chi connectivity index (χ2v) is 8.93. The third-order valence-corrected chi connectivity index (χ3v) is 7.67. The topological polar surface area (TPSA) is 82.2 Å². The Morgan fingerprint density at radius 2 is 1.88 bits per heavy atom. The van der Waals surface area contributed by atoms with Crippen LogP contribution in [-0.2, 0) is 10.0 Å². The average molecular weight is 412 g/mol. The first-order valence-electron chi connectivity index (χ1n) is 7.90. The second kappa shape index (κ2) is 7.75. The zero-order chi connectivity index (χ0) is 17.3. The van der Waals surface area contributed by atoms with Crippen molar-refractivity contribution in [1.29, 1.82) is 0 Å². The largest absolute Gasteiger partial charge is 0.354 e. The predicted molar refractivity (Wildman–Crippen MR) is 104 cm³/mol. The number of aromatic nitrogens is 3. The lowest BCUT2D eigenvalue weighted by Gasteiger charge is -2.34. The maximum Gasteiger partial charge on any atom is 0.252 e. The van der Waals surface area contributed by atoms with E-state index in [1.807, 2.05) is 24.3 Å². The number of nitrogens with one attached hydrogen (secondary N) is 1. The molecule has 10 heteroatoms. The third kappa shape index (κ3) is 3.61. The fourth-order valence-corrected chi connectivity index (χ4v) is 5.69. The minimum Gasteiger partial charge on any atom is -0.354 e. The van der Waals surface area contributed by atoms with Crippen molar-refractivity contribution in [2.45, 2.75) is 4.21 Å². The second-order valence-electron chi connectivity index (χ2n) is 5.68. The van der Waals surface area contributed by atoms with Crippen LogP contribution in [0.2, 0.25) is 0 Å². The molecule has 1 saturated heterocycles. The quantitative estimate of drug-likeness (QED) is 0.713. The highest BCUT2D eigenvalue weighted by Gasteiger charge is 2.30. The number of halogens is 1. The molecular weight excluding hydrogens is 394 g/mol. The van der Waals surface area contributed by atoms with Crippen molar-refractivity contribution in [1.82, 2.24) is 19.5 Å². The van der Waals surface area contributed by atoms with Crippen LogP contribution in [0.4, 0.5) is 5.82 Å². The number of nitrogens with zero attached hydrogens (tertiary/aromatic N) is 4. The average Bonchev–Trinajstić information content (AvgIpc) is 3.34. The summed E-state index contributed by atoms with van der Waals surface area (Å²) in [6.45, 7) is 2.18. The van der Waals surface area contributed by atoms with Crippen LogP contribution < -0.4 is 4.90 Å². The monoisotopic (exact) mass is 411 g/mol. The van der Waals surface area contributed by atoms with E-state index >= 15 is 0 Å². The Bertz CT molecular complexity index is 936. The van der Waals surface area contributed by atoms with Gasteiger partial charge in [0.2, 0.25) is 0 Å². The summed E-state index contributed by atoms with van der Waals surface area (Å²) in [7, 11) is -3.46. The summed E-state index contributed by atoms with van der Waals surface area (Å²) in [5.74, 6) is 0.887. The molecule has 0 bridgehead atoms. The molecule has 4 heterocycles. The van der Waals surface area contributed by atoms with Gasteiger partial charge in [-0.1, -0.05) is 6.07 Å². The van der Waals surface area contributed by atoms with E-state index in [2.05, 4.69) is 20.1 Å². The van der Waals surface area contributed by atoms with Gasteiger partial charge in [-0.2, -0.15) is 9.40 Å². The molecule has 7 nitrogen and oxygen atoms in total. The normalized spacial score (nSPS) is 15.6. The highest BCUT2D eigenvalue weighted by molar-refractivity contribution is 7.91. The molecule has 1 fully saturated rings. The van der Waals surface area contributed by atoms with Gasteiger partial charge in [-0.05, 0) is 24.3 Å². The van der Waals surface area contributed by atoms with E-state index in [0.29, 0.717) is 30.4 Å². The number of piperazine rings is 1. The molecule has 26 heavy (non-hydrogen) atoms. The molecule has 3 aromatic rings. The summed E-state index contributed by atoms with van der Waals surface area (Å²) >= 11 is 1.27. The Labute approximate surface area is 162 Å². The number of hydrogen-bond acceptors (Lipinski definition) is 6. The fraction of sp³-hybridized carbons (Fsp3) is 0.250. The van der Waals surface area contributed by atoms with Crippen LogP contribution in [-0.4, -0.2) is 54.1 Å². The standard InChI is InChI=1S/C16H17N5O2S2.ClH/c22-25(23,16-5-4-14(24-16)13-11-18-19-12-13)21-9-7-20(8-10-21)15-3-1-2-6-17-15;/h1-6,11-12H,7-10H2,(H,18,19);1H. The van der Waals surface area contributed by atoms with Gasteiger partial charge in [-0.25, -0.2) is 13.4 Å². The van der Waals surface area contributed by atoms with Gasteiger partial charge in [0, 0.05) is 49.0 Å². The van der Waals surface area contributed by atoms with Crippen LogP contribution >= 0.6 is 23.7 Å². The van der Waals surface area contributed by atoms with Crippen LogP contribution in [0.5, 0.6) is 0 Å². The van der Waals surface area contributed by atoms with Crippen molar-refractivity contribution >= 4 is 39.6 Å². The fourth-order valence-electron chi connectivity index (χ4n) is 2.83. The lowest BCUT2D eigenvalue weighted by atomic mass is 10.3. The molecule has 0 saturated carbocycles. The third-order valence-electron chi connectivity index (χ3n) is 4.17. The first kappa shape index (κ1) is 18.8. The molecular formula is C16H18ClN5O2S2. The van der Waals surface area contributed by atoms with Gasteiger partial charge in [-0.3, -0.25) is 5.10 Å². The first-order chi connectivity index (χ1) is 12.1. The number of rotatable bonds is 4. The van der Waals surface area contributed by atoms with E-state index in [9.17, 15) is 8.42 Å². The maximum absolute atomic E-state index is 12.9. The molecule has 0 spiro atoms. The van der Waals surface area contributed by atoms with Gasteiger partial charge in [-0.15, -0.1) is 23.7 Å². The van der Waals surface area contributed by atoms with Gasteiger partial charge < -0.3 is 4.90 Å². The molecule has 3 aromatic heterocycles. The Kier molecular flexibility index (Phi) is 5.61. The molecule has 0 radical (unpaired) electrons. The summed E-state index contributed by atoms with van der Waals surface area (Å²) < 4.78 is 27.7. The number of H-pyrrole nitrogens is 1. The van der Waals surface area contributed by atoms with Crippen molar-refractivity contribution in [3.8, 4) is 10.4 Å². The molecule has 4 rings (SSSR count). The Morgan fingerprint density at radius 1 is 1.08 bits per heavy atom. The van der Waals surface area contributed by atoms with E-state index in [1.165, 1.54) is 11.3 Å². The van der Waals surface area contributed by atoms with Crippen LogP contribution in [0, 0.1) is 0 Å². The molecule has 1 aliphatic rings. The minimum atomic E-state index is -3.46. The SMILES string of the molecule is Cl.O=S(=O)(c1ccc(-c2cn[nH]c2)s1)N1CCN(c2ccccn2)CC1. The number of hydrogen-bond donors (Lipinski definition) is 1. The van der Waals surface area contributed by atoms with E-state index in [4.69, 9.17) is 0 Å². The summed E-state index contributed by atoms with van der Waals surface area (Å²) in [5.41, 5.74) is 0.895. The number of aromatic amines is 1. The van der Waals surface area contributed by atoms with E-state index in [0.717, 1.165) is 16.3 Å². The van der Waals surface area contributed by atoms with Gasteiger partial charge in [0.15, 0.2) is 0 Å². The molecule has 1 aliphatic heterocycles. The summed E-state index contributed by atoms with van der Waals surface area (Å²) in [6.07, 6.45) is 5.20. The van der Waals surface area contributed by atoms with E-state index in [1.54, 1.807) is 29.0 Å². The van der Waals surface area contributed by atoms with Crippen LogP contribution in [0.3, 0.4) is 0 Å². The molecule has 0 aromatic carbocycles. The van der Waals surface area contributed by atoms with Crippen LogP contribution in [0.25, 0.3) is 10.4 Å². The van der Waals surface area contributed by atoms with Crippen LogP contribution in [0.1, 0.15) is 0 Å². The molecule has 0 aliphatic carbocycles. The number of pyridine rings is 1. The highest BCUT2D eigenvalue weighted by atomic mass is 35.5. The molecule has 0 atom stereocenters. The first-order valence-corrected chi connectivity index (χ1v) is 10.2. The van der Waals surface area contributed by atoms with Crippen molar-refractivity contribution in [2.75, 3.05) is 31.1 Å². The number of anilines is 1. The van der Waals surface area contributed by atoms with Crippen molar-refractivity contribution in [3.63, 3.8) is 0 Å². The van der Waals surface area contributed by atoms with Gasteiger partial charge in [0.25, 0.3) is 10.0 Å². The lowest BCUT2D eigenvalue weighted by Crippen LogP contribution is -2.48. The molecule has 0 amide bonds. The molecule has 138 valence electrons. The lowest BCUT2D eigenvalue weighted by molar-refractivity contribution is 0.385. The zero-order valence-electron chi connectivity index (χ0n) is 13.8. The van der Waals surface area contributed by atoms with Crippen LogP contribution in [0.15, 0.2) is 53.1 Å². The smallest absolute Gasteiger partial charge is 0.252 e. The summed E-state index contributed by atoms with van der Waals surface area (Å²) in [5, 5.41) is 6.65. The minimum absolute atomic E-state index is 0. The highest BCUT2D eigenvalue weighted by Crippen LogP contribution is 2.32. The maximum atomic E-state index is 12.9. The van der Waals surface area contributed by atoms with Gasteiger partial charge in [0.05, 0.1) is 6.20 Å². The Balaban J connectivity index is 0.00000196. The Hall–Kier alpha value is -1.94. The number of sulfonamides is 1. The Morgan fingerprint density at radius 3 is 2.54 bits per heavy atom. The van der Waals surface area contributed by atoms with Gasteiger partial charge in [0.1, 0.15) is 10.0 Å². The molecule has 0 unspecified atom stereocenters. The summed E-state index contributed by atoms with van der Waals surface area (Å²) in [6, 6.07) is 9.26. The van der Waals surface area contributed by atoms with Crippen molar-refractivity contribution in [2.24, 2.45) is 0 Å². The van der Waals surface area contributed by atoms with Crippen molar-refractivity contribution in [3.05, 3.63) is 48.9 Å². The van der Waals surface area contributed by atoms with Crippen molar-refractivity contribution < 1.29 is 8.42 Å².